The highest BCUT2D eigenvalue weighted by molar-refractivity contribution is 7.90. The summed E-state index contributed by atoms with van der Waals surface area (Å²) in [6.07, 6.45) is -1.79. The van der Waals surface area contributed by atoms with Crippen molar-refractivity contribution in [1.82, 2.24) is 9.71 Å². The number of rotatable bonds is 10. The van der Waals surface area contributed by atoms with E-state index in [1.54, 1.807) is 36.7 Å². The quantitative estimate of drug-likeness (QED) is 0.196. The highest BCUT2D eigenvalue weighted by Gasteiger charge is 2.38. The summed E-state index contributed by atoms with van der Waals surface area (Å²) in [4.78, 5) is 26.4. The summed E-state index contributed by atoms with van der Waals surface area (Å²) in [6, 6.07) is 18.6. The van der Waals surface area contributed by atoms with Gasteiger partial charge in [0.15, 0.2) is 11.5 Å². The first-order valence-electron chi connectivity index (χ1n) is 13.5. The third kappa shape index (κ3) is 9.57. The average Bonchev–Trinajstić information content (AvgIpc) is 3.00. The number of carboxylic acids is 1. The number of nitriles is 1. The summed E-state index contributed by atoms with van der Waals surface area (Å²) in [5.41, 5.74) is 1.22. The topological polar surface area (TPSA) is 168 Å². The molecule has 11 nitrogen and oxygen atoms in total. The molecule has 0 aliphatic carbocycles. The standard InChI is InChI=1S/C29H28N4O5S.C2HF3O2/c1-4-37-27-16-22(9-11-26(27)38-19(2)3)28(32-24-10-8-23-18-31-13-12-21(23)15-24)29(34)33-39(35,36)25-7-5-6-20(14-25)17-30;3-2(4,5)1(6)7/h5-16,18-19,28,32H,4H2,1-3H3,(H,33,34);(H,6,7). The molecule has 0 spiro atoms. The second kappa shape index (κ2) is 15.1. The van der Waals surface area contributed by atoms with Crippen molar-refractivity contribution < 1.29 is 45.8 Å². The molecule has 1 unspecified atom stereocenters. The Kier molecular flexibility index (Phi) is 11.5. The normalized spacial score (nSPS) is 11.9. The number of alkyl halides is 3. The first-order valence-corrected chi connectivity index (χ1v) is 15.0. The van der Waals surface area contributed by atoms with Gasteiger partial charge in [0, 0.05) is 23.5 Å². The van der Waals surface area contributed by atoms with Crippen LogP contribution in [0, 0.1) is 11.3 Å². The molecule has 0 saturated carbocycles. The van der Waals surface area contributed by atoms with Gasteiger partial charge in [-0.25, -0.2) is 17.9 Å². The number of anilines is 1. The van der Waals surface area contributed by atoms with Gasteiger partial charge in [0.1, 0.15) is 6.04 Å². The summed E-state index contributed by atoms with van der Waals surface area (Å²) in [5, 5.41) is 21.3. The minimum absolute atomic E-state index is 0.103. The van der Waals surface area contributed by atoms with Gasteiger partial charge < -0.3 is 19.9 Å². The molecule has 15 heteroatoms. The van der Waals surface area contributed by atoms with E-state index in [1.165, 1.54) is 24.3 Å². The lowest BCUT2D eigenvalue weighted by atomic mass is 10.0. The molecule has 1 atom stereocenters. The SMILES string of the molecule is CCOc1cc(C(Nc2ccc3cnccc3c2)C(=O)NS(=O)(=O)c2cccc(C#N)c2)ccc1OC(C)C.O=C(O)C(F)(F)F. The van der Waals surface area contributed by atoms with E-state index in [0.29, 0.717) is 29.4 Å². The van der Waals surface area contributed by atoms with Crippen molar-refractivity contribution in [3.8, 4) is 17.6 Å². The molecule has 0 aliphatic heterocycles. The number of fused-ring (bicyclic) bond motifs is 1. The molecule has 0 fully saturated rings. The molecule has 3 aromatic carbocycles. The smallest absolute Gasteiger partial charge is 0.490 e. The molecule has 0 radical (unpaired) electrons. The summed E-state index contributed by atoms with van der Waals surface area (Å²) in [5.74, 6) is -2.63. The molecule has 242 valence electrons. The van der Waals surface area contributed by atoms with Gasteiger partial charge in [0.05, 0.1) is 29.2 Å². The van der Waals surface area contributed by atoms with E-state index in [4.69, 9.17) is 24.6 Å². The van der Waals surface area contributed by atoms with E-state index in [9.17, 15) is 26.4 Å². The molecule has 1 amide bonds. The number of carboxylic acid groups (broad SMARTS) is 1. The minimum Gasteiger partial charge on any atom is -0.490 e. The van der Waals surface area contributed by atoms with Crippen molar-refractivity contribution in [3.05, 3.63) is 90.3 Å². The van der Waals surface area contributed by atoms with E-state index in [-0.39, 0.29) is 16.6 Å². The minimum atomic E-state index is -5.08. The number of hydrogen-bond donors (Lipinski definition) is 3. The Hall–Kier alpha value is -5.36. The summed E-state index contributed by atoms with van der Waals surface area (Å²) in [7, 11) is -4.27. The highest BCUT2D eigenvalue weighted by atomic mass is 32.2. The lowest BCUT2D eigenvalue weighted by molar-refractivity contribution is -0.192. The first-order chi connectivity index (χ1) is 21.6. The second-order valence-corrected chi connectivity index (χ2v) is 11.4. The Balaban J connectivity index is 0.000000738. The molecular formula is C31H29F3N4O7S. The number of nitrogens with zero attached hydrogens (tertiary/aromatic N) is 2. The Labute approximate surface area is 262 Å². The fraction of sp³-hybridized carbons (Fsp3) is 0.226. The van der Waals surface area contributed by atoms with E-state index in [0.717, 1.165) is 10.8 Å². The van der Waals surface area contributed by atoms with Gasteiger partial charge in [-0.15, -0.1) is 0 Å². The van der Waals surface area contributed by atoms with Gasteiger partial charge in [-0.2, -0.15) is 18.4 Å². The third-order valence-corrected chi connectivity index (χ3v) is 7.27. The molecule has 4 aromatic rings. The maximum atomic E-state index is 13.6. The lowest BCUT2D eigenvalue weighted by Gasteiger charge is -2.22. The van der Waals surface area contributed by atoms with Crippen molar-refractivity contribution in [2.75, 3.05) is 11.9 Å². The first kappa shape index (κ1) is 35.1. The zero-order chi connectivity index (χ0) is 34.1. The number of halogens is 3. The van der Waals surface area contributed by atoms with Crippen LogP contribution in [0.1, 0.15) is 37.9 Å². The Bertz CT molecular complexity index is 1860. The zero-order valence-electron chi connectivity index (χ0n) is 24.7. The summed E-state index contributed by atoms with van der Waals surface area (Å²) < 4.78 is 71.7. The van der Waals surface area contributed by atoms with Crippen molar-refractivity contribution in [3.63, 3.8) is 0 Å². The van der Waals surface area contributed by atoms with Gasteiger partial charge in [-0.3, -0.25) is 9.78 Å². The van der Waals surface area contributed by atoms with Gasteiger partial charge in [0.25, 0.3) is 15.9 Å². The number of carbonyl (C=O) groups is 2. The van der Waals surface area contributed by atoms with Crippen LogP contribution in [0.2, 0.25) is 0 Å². The van der Waals surface area contributed by atoms with E-state index < -0.39 is 34.1 Å². The number of amides is 1. The van der Waals surface area contributed by atoms with Crippen LogP contribution in [0.3, 0.4) is 0 Å². The summed E-state index contributed by atoms with van der Waals surface area (Å²) >= 11 is 0. The Morgan fingerprint density at radius 2 is 1.74 bits per heavy atom. The van der Waals surface area contributed by atoms with Crippen LogP contribution in [-0.4, -0.2) is 49.3 Å². The molecule has 1 aromatic heterocycles. The predicted molar refractivity (Wildman–Crippen MR) is 162 cm³/mol. The number of ether oxygens (including phenoxy) is 2. The van der Waals surface area contributed by atoms with Crippen LogP contribution >= 0.6 is 0 Å². The number of aromatic nitrogens is 1. The fourth-order valence-corrected chi connectivity index (χ4v) is 4.99. The van der Waals surface area contributed by atoms with Crippen LogP contribution < -0.4 is 19.5 Å². The van der Waals surface area contributed by atoms with Crippen LogP contribution in [0.15, 0.2) is 84.0 Å². The number of pyridine rings is 1. The number of hydrogen-bond acceptors (Lipinski definition) is 9. The van der Waals surface area contributed by atoms with Crippen molar-refractivity contribution in [1.29, 1.82) is 5.26 Å². The number of nitrogens with one attached hydrogen (secondary N) is 2. The summed E-state index contributed by atoms with van der Waals surface area (Å²) in [6.45, 7) is 5.98. The molecule has 0 aliphatic rings. The number of aliphatic carboxylic acids is 1. The van der Waals surface area contributed by atoms with Gasteiger partial charge in [-0.1, -0.05) is 18.2 Å². The second-order valence-electron chi connectivity index (χ2n) is 9.73. The van der Waals surface area contributed by atoms with Crippen LogP contribution in [0.4, 0.5) is 18.9 Å². The van der Waals surface area contributed by atoms with Crippen molar-refractivity contribution >= 4 is 38.4 Å². The van der Waals surface area contributed by atoms with Crippen LogP contribution in [-0.2, 0) is 19.6 Å². The lowest BCUT2D eigenvalue weighted by Crippen LogP contribution is -2.37. The van der Waals surface area contributed by atoms with Gasteiger partial charge in [-0.05, 0) is 80.3 Å². The van der Waals surface area contributed by atoms with Crippen molar-refractivity contribution in [2.24, 2.45) is 0 Å². The van der Waals surface area contributed by atoms with E-state index >= 15 is 0 Å². The fourth-order valence-electron chi connectivity index (χ4n) is 3.95. The van der Waals surface area contributed by atoms with E-state index in [2.05, 4.69) is 15.0 Å². The molecule has 4 rings (SSSR count). The van der Waals surface area contributed by atoms with E-state index in [1.807, 2.05) is 45.0 Å². The van der Waals surface area contributed by atoms with Gasteiger partial charge >= 0.3 is 12.1 Å². The zero-order valence-corrected chi connectivity index (χ0v) is 25.5. The largest absolute Gasteiger partial charge is 0.490 e. The molecule has 0 saturated heterocycles. The molecule has 3 N–H and O–H groups in total. The van der Waals surface area contributed by atoms with Crippen molar-refractivity contribution in [2.45, 2.75) is 44.0 Å². The molecular weight excluding hydrogens is 629 g/mol. The number of sulfonamides is 1. The predicted octanol–water partition coefficient (Wildman–Crippen LogP) is 5.58. The third-order valence-electron chi connectivity index (χ3n) is 5.93. The Morgan fingerprint density at radius 1 is 1.02 bits per heavy atom. The molecule has 1 heterocycles. The average molecular weight is 659 g/mol. The number of benzene rings is 3. The molecule has 46 heavy (non-hydrogen) atoms. The maximum absolute atomic E-state index is 13.6. The van der Waals surface area contributed by atoms with Gasteiger partial charge in [0.2, 0.25) is 0 Å². The number of carbonyl (C=O) groups excluding carboxylic acids is 1. The Morgan fingerprint density at radius 3 is 2.37 bits per heavy atom. The van der Waals surface area contributed by atoms with Crippen LogP contribution in [0.5, 0.6) is 11.5 Å². The monoisotopic (exact) mass is 658 g/mol. The highest BCUT2D eigenvalue weighted by Crippen LogP contribution is 2.33. The maximum Gasteiger partial charge on any atom is 0.490 e. The molecule has 0 bridgehead atoms. The van der Waals surface area contributed by atoms with Crippen LogP contribution in [0.25, 0.3) is 10.8 Å².